The monoisotopic (exact) mass is 225 g/mol. The van der Waals surface area contributed by atoms with Crippen LogP contribution in [0, 0.1) is 0 Å². The molecular formula is C8H19NS3. The first-order valence-corrected chi connectivity index (χ1v) is 7.41. The van der Waals surface area contributed by atoms with Gasteiger partial charge in [0.25, 0.3) is 0 Å². The van der Waals surface area contributed by atoms with E-state index in [-0.39, 0.29) is 0 Å². The van der Waals surface area contributed by atoms with Gasteiger partial charge in [0, 0.05) is 18.1 Å². The van der Waals surface area contributed by atoms with E-state index in [1.165, 1.54) is 17.9 Å². The van der Waals surface area contributed by atoms with Crippen LogP contribution in [0.1, 0.15) is 20.3 Å². The second-order valence-electron chi connectivity index (χ2n) is 2.64. The van der Waals surface area contributed by atoms with Gasteiger partial charge in [-0.05, 0) is 18.2 Å². The quantitative estimate of drug-likeness (QED) is 0.374. The molecule has 0 aromatic heterocycles. The van der Waals surface area contributed by atoms with Crippen molar-refractivity contribution in [3.63, 3.8) is 0 Å². The molecule has 1 unspecified atom stereocenters. The molecule has 0 fully saturated rings. The zero-order chi connectivity index (χ0) is 9.23. The van der Waals surface area contributed by atoms with Crippen LogP contribution in [0.5, 0.6) is 0 Å². The van der Waals surface area contributed by atoms with Crippen LogP contribution in [-0.4, -0.2) is 29.8 Å². The van der Waals surface area contributed by atoms with Crippen LogP contribution in [-0.2, 0) is 0 Å². The highest BCUT2D eigenvalue weighted by atomic mass is 33.1. The van der Waals surface area contributed by atoms with E-state index >= 15 is 0 Å². The van der Waals surface area contributed by atoms with Gasteiger partial charge < -0.3 is 5.32 Å². The summed E-state index contributed by atoms with van der Waals surface area (Å²) in [6.07, 6.45) is 1.21. The molecule has 0 rings (SSSR count). The Morgan fingerprint density at radius 3 is 2.58 bits per heavy atom. The molecule has 1 N–H and O–H groups in total. The average molecular weight is 225 g/mol. The Hall–Kier alpha value is 1.01. The van der Waals surface area contributed by atoms with Gasteiger partial charge >= 0.3 is 0 Å². The van der Waals surface area contributed by atoms with E-state index in [4.69, 9.17) is 0 Å². The summed E-state index contributed by atoms with van der Waals surface area (Å²) in [5.74, 6) is 2.43. The summed E-state index contributed by atoms with van der Waals surface area (Å²) < 4.78 is 0. The van der Waals surface area contributed by atoms with Gasteiger partial charge in [-0.25, -0.2) is 0 Å². The van der Waals surface area contributed by atoms with E-state index in [1.54, 1.807) is 0 Å². The summed E-state index contributed by atoms with van der Waals surface area (Å²) in [6, 6.07) is 0. The third kappa shape index (κ3) is 11.0. The summed E-state index contributed by atoms with van der Waals surface area (Å²) in [6.45, 7) is 6.50. The van der Waals surface area contributed by atoms with Crippen LogP contribution in [0.2, 0.25) is 0 Å². The maximum absolute atomic E-state index is 4.32. The molecule has 12 heavy (non-hydrogen) atoms. The molecular weight excluding hydrogens is 206 g/mol. The van der Waals surface area contributed by atoms with Crippen LogP contribution in [0.4, 0.5) is 0 Å². The standard InChI is InChI=1S/C8H19NS3/c1-3-9-5-7-12-11-6-4-8(2)10/h8-10H,3-7H2,1-2H3. The summed E-state index contributed by atoms with van der Waals surface area (Å²) >= 11 is 4.32. The van der Waals surface area contributed by atoms with Crippen molar-refractivity contribution in [3.8, 4) is 0 Å². The molecule has 0 aromatic rings. The SMILES string of the molecule is CCNCCSSCCC(C)S. The number of thiol groups is 1. The van der Waals surface area contributed by atoms with Crippen LogP contribution in [0.3, 0.4) is 0 Å². The van der Waals surface area contributed by atoms with Gasteiger partial charge in [0.05, 0.1) is 0 Å². The zero-order valence-electron chi connectivity index (χ0n) is 7.88. The predicted octanol–water partition coefficient (Wildman–Crippen LogP) is 2.69. The van der Waals surface area contributed by atoms with Crippen molar-refractivity contribution in [1.82, 2.24) is 5.32 Å². The van der Waals surface area contributed by atoms with Gasteiger partial charge in [-0.3, -0.25) is 0 Å². The van der Waals surface area contributed by atoms with E-state index in [0.717, 1.165) is 13.1 Å². The normalized spacial score (nSPS) is 13.2. The molecule has 4 heteroatoms. The van der Waals surface area contributed by atoms with Crippen LogP contribution >= 0.6 is 34.2 Å². The number of hydrogen-bond acceptors (Lipinski definition) is 4. The topological polar surface area (TPSA) is 12.0 Å². The van der Waals surface area contributed by atoms with Crippen molar-refractivity contribution < 1.29 is 0 Å². The van der Waals surface area contributed by atoms with Crippen LogP contribution in [0.25, 0.3) is 0 Å². The molecule has 0 bridgehead atoms. The molecule has 1 atom stereocenters. The minimum atomic E-state index is 0.548. The lowest BCUT2D eigenvalue weighted by molar-refractivity contribution is 0.769. The lowest BCUT2D eigenvalue weighted by atomic mass is 10.4. The van der Waals surface area contributed by atoms with Crippen molar-refractivity contribution in [2.24, 2.45) is 0 Å². The van der Waals surface area contributed by atoms with Crippen molar-refractivity contribution in [2.45, 2.75) is 25.5 Å². The highest BCUT2D eigenvalue weighted by Crippen LogP contribution is 2.22. The number of nitrogens with one attached hydrogen (secondary N) is 1. The fourth-order valence-corrected chi connectivity index (χ4v) is 3.09. The Morgan fingerprint density at radius 2 is 2.00 bits per heavy atom. The van der Waals surface area contributed by atoms with E-state index in [1.807, 2.05) is 21.6 Å². The van der Waals surface area contributed by atoms with Crippen LogP contribution < -0.4 is 5.32 Å². The molecule has 0 spiro atoms. The highest BCUT2D eigenvalue weighted by molar-refractivity contribution is 8.76. The van der Waals surface area contributed by atoms with E-state index in [0.29, 0.717) is 5.25 Å². The Balaban J connectivity index is 2.82. The largest absolute Gasteiger partial charge is 0.316 e. The second-order valence-corrected chi connectivity index (χ2v) is 6.22. The Morgan fingerprint density at radius 1 is 1.33 bits per heavy atom. The van der Waals surface area contributed by atoms with E-state index in [2.05, 4.69) is 31.8 Å². The summed E-state index contributed by atoms with van der Waals surface area (Å²) in [7, 11) is 3.92. The molecule has 0 aromatic carbocycles. The van der Waals surface area contributed by atoms with Gasteiger partial charge in [0.2, 0.25) is 0 Å². The van der Waals surface area contributed by atoms with Gasteiger partial charge in [-0.1, -0.05) is 35.4 Å². The second kappa shape index (κ2) is 10.1. The Bertz CT molecular complexity index is 88.4. The molecule has 0 amide bonds. The van der Waals surface area contributed by atoms with Crippen molar-refractivity contribution >= 4 is 34.2 Å². The van der Waals surface area contributed by atoms with Crippen molar-refractivity contribution in [3.05, 3.63) is 0 Å². The average Bonchev–Trinajstić information content (AvgIpc) is 2.02. The molecule has 0 aliphatic heterocycles. The van der Waals surface area contributed by atoms with Crippen molar-refractivity contribution in [2.75, 3.05) is 24.6 Å². The molecule has 0 heterocycles. The third-order valence-electron chi connectivity index (χ3n) is 1.31. The first-order chi connectivity index (χ1) is 5.77. The first kappa shape index (κ1) is 13.0. The maximum Gasteiger partial charge on any atom is 0.0162 e. The molecule has 0 aliphatic rings. The minimum Gasteiger partial charge on any atom is -0.316 e. The molecule has 0 radical (unpaired) electrons. The zero-order valence-corrected chi connectivity index (χ0v) is 10.4. The minimum absolute atomic E-state index is 0.548. The van der Waals surface area contributed by atoms with Gasteiger partial charge in [-0.2, -0.15) is 12.6 Å². The van der Waals surface area contributed by atoms with E-state index < -0.39 is 0 Å². The molecule has 74 valence electrons. The third-order valence-corrected chi connectivity index (χ3v) is 4.01. The lowest BCUT2D eigenvalue weighted by Gasteiger charge is -2.03. The maximum atomic E-state index is 4.32. The Labute approximate surface area is 89.6 Å². The van der Waals surface area contributed by atoms with Gasteiger partial charge in [0.15, 0.2) is 0 Å². The molecule has 1 nitrogen and oxygen atoms in total. The Kier molecular flexibility index (Phi) is 10.9. The van der Waals surface area contributed by atoms with Gasteiger partial charge in [-0.15, -0.1) is 0 Å². The number of rotatable bonds is 8. The fraction of sp³-hybridized carbons (Fsp3) is 1.00. The highest BCUT2D eigenvalue weighted by Gasteiger charge is 1.94. The first-order valence-electron chi connectivity index (χ1n) is 4.40. The molecule has 0 saturated heterocycles. The lowest BCUT2D eigenvalue weighted by Crippen LogP contribution is -2.15. The fourth-order valence-electron chi connectivity index (χ4n) is 0.627. The molecule has 0 aliphatic carbocycles. The number of hydrogen-bond donors (Lipinski definition) is 2. The molecule has 0 saturated carbocycles. The summed E-state index contributed by atoms with van der Waals surface area (Å²) in [5.41, 5.74) is 0. The van der Waals surface area contributed by atoms with E-state index in [9.17, 15) is 0 Å². The predicted molar refractivity (Wildman–Crippen MR) is 66.5 cm³/mol. The van der Waals surface area contributed by atoms with Gasteiger partial charge in [0.1, 0.15) is 0 Å². The van der Waals surface area contributed by atoms with Crippen molar-refractivity contribution in [1.29, 1.82) is 0 Å². The smallest absolute Gasteiger partial charge is 0.0162 e. The summed E-state index contributed by atoms with van der Waals surface area (Å²) in [5, 5.41) is 3.85. The van der Waals surface area contributed by atoms with Crippen LogP contribution in [0.15, 0.2) is 0 Å². The summed E-state index contributed by atoms with van der Waals surface area (Å²) in [4.78, 5) is 0.